The Morgan fingerprint density at radius 2 is 2.18 bits per heavy atom. The molecule has 2 heterocycles. The third-order valence-corrected chi connectivity index (χ3v) is 5.27. The van der Waals surface area contributed by atoms with Gasteiger partial charge in [-0.3, -0.25) is 9.59 Å². The predicted molar refractivity (Wildman–Crippen MR) is 87.9 cm³/mol. The molecule has 0 atom stereocenters. The molecule has 0 bridgehead atoms. The van der Waals surface area contributed by atoms with E-state index < -0.39 is 0 Å². The monoisotopic (exact) mass is 319 g/mol. The van der Waals surface area contributed by atoms with Crippen molar-refractivity contribution in [3.63, 3.8) is 0 Å². The topological polar surface area (TPSA) is 66.1 Å². The van der Waals surface area contributed by atoms with E-state index in [1.54, 1.807) is 11.9 Å². The molecule has 1 aliphatic carbocycles. The maximum atomic E-state index is 12.3. The maximum Gasteiger partial charge on any atom is 0.268 e. The van der Waals surface area contributed by atoms with Crippen molar-refractivity contribution in [2.45, 2.75) is 45.1 Å². The van der Waals surface area contributed by atoms with Crippen LogP contribution in [0.1, 0.15) is 44.3 Å². The van der Waals surface area contributed by atoms with E-state index >= 15 is 0 Å². The highest BCUT2D eigenvalue weighted by Gasteiger charge is 2.20. The Balaban J connectivity index is 1.65. The minimum Gasteiger partial charge on any atom is -0.338 e. The molecule has 1 amide bonds. The molecule has 0 radical (unpaired) electrons. The number of nitrogens with one attached hydrogen (secondary N) is 1. The van der Waals surface area contributed by atoms with Gasteiger partial charge in [0.05, 0.1) is 12.1 Å². The number of aromatic nitrogens is 2. The predicted octanol–water partition coefficient (Wildman–Crippen LogP) is 2.91. The molecule has 0 aromatic carbocycles. The third-order valence-electron chi connectivity index (χ3n) is 4.36. The molecule has 3 rings (SSSR count). The van der Waals surface area contributed by atoms with Gasteiger partial charge in [0.2, 0.25) is 5.91 Å². The van der Waals surface area contributed by atoms with Gasteiger partial charge in [0.15, 0.2) is 0 Å². The first-order valence-electron chi connectivity index (χ1n) is 7.84. The number of aromatic amines is 1. The molecule has 22 heavy (non-hydrogen) atoms. The number of hydrogen-bond donors (Lipinski definition) is 1. The molecule has 0 unspecified atom stereocenters. The molecular weight excluding hydrogens is 298 g/mol. The van der Waals surface area contributed by atoms with Crippen LogP contribution in [0.15, 0.2) is 16.2 Å². The normalized spacial score (nSPS) is 16.0. The molecule has 0 saturated heterocycles. The average Bonchev–Trinajstić information content (AvgIpc) is 2.97. The molecule has 6 heteroatoms. The van der Waals surface area contributed by atoms with Crippen molar-refractivity contribution in [2.75, 3.05) is 7.05 Å². The Morgan fingerprint density at radius 3 is 2.95 bits per heavy atom. The largest absolute Gasteiger partial charge is 0.338 e. The van der Waals surface area contributed by atoms with Gasteiger partial charge in [-0.1, -0.05) is 19.3 Å². The number of amides is 1. The number of hydrogen-bond acceptors (Lipinski definition) is 4. The third kappa shape index (κ3) is 3.38. The van der Waals surface area contributed by atoms with Crippen molar-refractivity contribution < 1.29 is 4.79 Å². The van der Waals surface area contributed by atoms with Crippen molar-refractivity contribution >= 4 is 27.5 Å². The Kier molecular flexibility index (Phi) is 4.57. The molecule has 1 fully saturated rings. The van der Waals surface area contributed by atoms with Crippen LogP contribution in [-0.4, -0.2) is 27.8 Å². The fraction of sp³-hybridized carbons (Fsp3) is 0.562. The van der Waals surface area contributed by atoms with Gasteiger partial charge in [0.25, 0.3) is 5.56 Å². The smallest absolute Gasteiger partial charge is 0.268 e. The number of thiophene rings is 1. The summed E-state index contributed by atoms with van der Waals surface area (Å²) in [7, 11) is 1.78. The van der Waals surface area contributed by atoms with Crippen LogP contribution in [0, 0.1) is 5.92 Å². The average molecular weight is 319 g/mol. The summed E-state index contributed by atoms with van der Waals surface area (Å²) < 4.78 is 0.639. The first-order valence-corrected chi connectivity index (χ1v) is 8.72. The van der Waals surface area contributed by atoms with E-state index in [2.05, 4.69) is 9.97 Å². The second-order valence-electron chi connectivity index (χ2n) is 6.11. The summed E-state index contributed by atoms with van der Waals surface area (Å²) in [4.78, 5) is 33.1. The summed E-state index contributed by atoms with van der Waals surface area (Å²) in [6, 6.07) is 1.84. The van der Waals surface area contributed by atoms with Crippen molar-refractivity contribution in [3.05, 3.63) is 27.6 Å². The highest BCUT2D eigenvalue weighted by atomic mass is 32.1. The van der Waals surface area contributed by atoms with E-state index in [1.165, 1.54) is 30.6 Å². The van der Waals surface area contributed by atoms with Crippen LogP contribution >= 0.6 is 11.3 Å². The Bertz CT molecular complexity index is 715. The molecule has 0 spiro atoms. The molecule has 2 aromatic rings. The summed E-state index contributed by atoms with van der Waals surface area (Å²) in [6.45, 7) is 0.354. The first kappa shape index (κ1) is 15.2. The molecule has 1 aliphatic rings. The van der Waals surface area contributed by atoms with Gasteiger partial charge in [0.1, 0.15) is 10.5 Å². The van der Waals surface area contributed by atoms with Crippen LogP contribution in [0.25, 0.3) is 10.2 Å². The Morgan fingerprint density at radius 1 is 1.41 bits per heavy atom. The van der Waals surface area contributed by atoms with Crippen LogP contribution < -0.4 is 5.56 Å². The molecule has 1 N–H and O–H groups in total. The number of H-pyrrole nitrogens is 1. The molecule has 5 nitrogen and oxygen atoms in total. The zero-order chi connectivity index (χ0) is 15.5. The van der Waals surface area contributed by atoms with Crippen molar-refractivity contribution in [1.29, 1.82) is 0 Å². The second-order valence-corrected chi connectivity index (χ2v) is 7.02. The standard InChI is InChI=1S/C16H21N3O2S/c1-19(14(20)9-11-5-3-2-4-6-11)10-13-17-12-7-8-22-15(12)16(21)18-13/h7-8,11H,2-6,9-10H2,1H3,(H,17,18,21). The van der Waals surface area contributed by atoms with E-state index in [4.69, 9.17) is 0 Å². The van der Waals surface area contributed by atoms with Gasteiger partial charge in [-0.2, -0.15) is 0 Å². The SMILES string of the molecule is CN(Cc1nc2ccsc2c(=O)[nH]1)C(=O)CC1CCCCC1. The zero-order valence-electron chi connectivity index (χ0n) is 12.8. The summed E-state index contributed by atoms with van der Waals surface area (Å²) in [5, 5.41) is 1.86. The number of rotatable bonds is 4. The summed E-state index contributed by atoms with van der Waals surface area (Å²) in [6.07, 6.45) is 6.72. The minimum absolute atomic E-state index is 0.122. The van der Waals surface area contributed by atoms with Crippen LogP contribution in [0.4, 0.5) is 0 Å². The van der Waals surface area contributed by atoms with Gasteiger partial charge in [-0.15, -0.1) is 11.3 Å². The number of nitrogens with zero attached hydrogens (tertiary/aromatic N) is 2. The van der Waals surface area contributed by atoms with Crippen LogP contribution in [-0.2, 0) is 11.3 Å². The lowest BCUT2D eigenvalue weighted by molar-refractivity contribution is -0.131. The van der Waals surface area contributed by atoms with Crippen LogP contribution in [0.3, 0.4) is 0 Å². The molecule has 2 aromatic heterocycles. The Hall–Kier alpha value is -1.69. The second kappa shape index (κ2) is 6.60. The van der Waals surface area contributed by atoms with Gasteiger partial charge < -0.3 is 9.88 Å². The molecule has 118 valence electrons. The van der Waals surface area contributed by atoms with Crippen LogP contribution in [0.2, 0.25) is 0 Å². The van der Waals surface area contributed by atoms with E-state index in [0.29, 0.717) is 34.9 Å². The van der Waals surface area contributed by atoms with Gasteiger partial charge in [0, 0.05) is 13.5 Å². The number of fused-ring (bicyclic) bond motifs is 1. The lowest BCUT2D eigenvalue weighted by Crippen LogP contribution is -2.30. The fourth-order valence-electron chi connectivity index (χ4n) is 3.10. The highest BCUT2D eigenvalue weighted by molar-refractivity contribution is 7.17. The van der Waals surface area contributed by atoms with Crippen LogP contribution in [0.5, 0.6) is 0 Å². The van der Waals surface area contributed by atoms with Gasteiger partial charge in [-0.25, -0.2) is 4.98 Å². The summed E-state index contributed by atoms with van der Waals surface area (Å²) >= 11 is 1.38. The summed E-state index contributed by atoms with van der Waals surface area (Å²) in [5.74, 6) is 1.21. The van der Waals surface area contributed by atoms with E-state index in [1.807, 2.05) is 11.4 Å². The van der Waals surface area contributed by atoms with Crippen molar-refractivity contribution in [3.8, 4) is 0 Å². The molecular formula is C16H21N3O2S. The Labute approximate surface area is 133 Å². The van der Waals surface area contributed by atoms with E-state index in [-0.39, 0.29) is 11.5 Å². The molecule has 1 saturated carbocycles. The zero-order valence-corrected chi connectivity index (χ0v) is 13.6. The van der Waals surface area contributed by atoms with Crippen molar-refractivity contribution in [1.82, 2.24) is 14.9 Å². The lowest BCUT2D eigenvalue weighted by Gasteiger charge is -2.24. The van der Waals surface area contributed by atoms with E-state index in [0.717, 1.165) is 12.8 Å². The van der Waals surface area contributed by atoms with Gasteiger partial charge >= 0.3 is 0 Å². The first-order chi connectivity index (χ1) is 10.6. The highest BCUT2D eigenvalue weighted by Crippen LogP contribution is 2.26. The van der Waals surface area contributed by atoms with E-state index in [9.17, 15) is 9.59 Å². The quantitative estimate of drug-likeness (QED) is 0.942. The fourth-order valence-corrected chi connectivity index (χ4v) is 3.83. The maximum absolute atomic E-state index is 12.3. The van der Waals surface area contributed by atoms with Crippen molar-refractivity contribution in [2.24, 2.45) is 5.92 Å². The summed E-state index contributed by atoms with van der Waals surface area (Å²) in [5.41, 5.74) is 0.583. The molecule has 0 aliphatic heterocycles. The lowest BCUT2D eigenvalue weighted by atomic mass is 9.87. The number of carbonyl (C=O) groups excluding carboxylic acids is 1. The number of carbonyl (C=O) groups is 1. The van der Waals surface area contributed by atoms with Gasteiger partial charge in [-0.05, 0) is 30.2 Å². The minimum atomic E-state index is -0.122.